The van der Waals surface area contributed by atoms with Gasteiger partial charge in [-0.05, 0) is 37.6 Å². The number of hydrogen-bond donors (Lipinski definition) is 0. The topological polar surface area (TPSA) is 77.2 Å². The summed E-state index contributed by atoms with van der Waals surface area (Å²) in [5.41, 5.74) is -0.922. The summed E-state index contributed by atoms with van der Waals surface area (Å²) in [4.78, 5) is 40.1. The molecule has 0 aliphatic rings. The number of carbonyl (C=O) groups excluding carboxylic acids is 1. The number of aromatic nitrogens is 3. The SMILES string of the molecule is CCN(C)C(=O)c1nn(-c2ccc(C)c(Cl)c2)c(=O)n(Cc2ccccc2F)c1=O. The fraction of sp³-hybridized carbons (Fsp3) is 0.238. The molecule has 0 saturated carbocycles. The fourth-order valence-corrected chi connectivity index (χ4v) is 2.97. The molecule has 0 unspecified atom stereocenters. The Morgan fingerprint density at radius 2 is 1.90 bits per heavy atom. The van der Waals surface area contributed by atoms with Crippen LogP contribution in [-0.2, 0) is 6.54 Å². The molecule has 3 aromatic rings. The Morgan fingerprint density at radius 3 is 2.53 bits per heavy atom. The predicted molar refractivity (Wildman–Crippen MR) is 112 cm³/mol. The maximum Gasteiger partial charge on any atom is 0.352 e. The molecule has 0 atom stereocenters. The molecule has 0 fully saturated rings. The van der Waals surface area contributed by atoms with Crippen molar-refractivity contribution in [1.82, 2.24) is 19.2 Å². The van der Waals surface area contributed by atoms with Gasteiger partial charge in [-0.3, -0.25) is 14.2 Å². The standard InChI is InChI=1S/C21H20ClFN4O3/c1-4-25(3)19(28)18-20(29)26(12-14-7-5-6-8-17(14)23)21(30)27(24-18)15-10-9-13(2)16(22)11-15/h5-11H,4,12H2,1-3H3. The second-order valence-electron chi connectivity index (χ2n) is 6.78. The Morgan fingerprint density at radius 1 is 1.20 bits per heavy atom. The number of carbonyl (C=O) groups is 1. The number of halogens is 2. The molecule has 0 aliphatic carbocycles. The van der Waals surface area contributed by atoms with Crippen LogP contribution >= 0.6 is 11.6 Å². The van der Waals surface area contributed by atoms with E-state index in [0.717, 1.165) is 14.8 Å². The second kappa shape index (κ2) is 8.62. The van der Waals surface area contributed by atoms with Gasteiger partial charge in [-0.1, -0.05) is 35.9 Å². The van der Waals surface area contributed by atoms with Crippen molar-refractivity contribution in [3.05, 3.63) is 91.0 Å². The molecule has 9 heteroatoms. The van der Waals surface area contributed by atoms with Gasteiger partial charge in [0, 0.05) is 24.2 Å². The summed E-state index contributed by atoms with van der Waals surface area (Å²) >= 11 is 6.18. The monoisotopic (exact) mass is 430 g/mol. The van der Waals surface area contributed by atoms with E-state index in [9.17, 15) is 18.8 Å². The molecule has 0 spiro atoms. The molecular formula is C21H20ClFN4O3. The zero-order valence-corrected chi connectivity index (χ0v) is 17.5. The number of amides is 1. The zero-order valence-electron chi connectivity index (χ0n) is 16.7. The van der Waals surface area contributed by atoms with Gasteiger partial charge in [0.1, 0.15) is 5.82 Å². The van der Waals surface area contributed by atoms with E-state index in [-0.39, 0.29) is 17.8 Å². The summed E-state index contributed by atoms with van der Waals surface area (Å²) in [6, 6.07) is 10.6. The number of nitrogens with zero attached hydrogens (tertiary/aromatic N) is 4. The van der Waals surface area contributed by atoms with Gasteiger partial charge in [-0.15, -0.1) is 0 Å². The zero-order chi connectivity index (χ0) is 22.0. The van der Waals surface area contributed by atoms with E-state index in [1.54, 1.807) is 32.0 Å². The van der Waals surface area contributed by atoms with Crippen LogP contribution in [0.5, 0.6) is 0 Å². The Labute approximate surface area is 176 Å². The minimum atomic E-state index is -0.886. The summed E-state index contributed by atoms with van der Waals surface area (Å²) in [6.07, 6.45) is 0. The van der Waals surface area contributed by atoms with Crippen molar-refractivity contribution < 1.29 is 9.18 Å². The third-order valence-corrected chi connectivity index (χ3v) is 5.18. The summed E-state index contributed by atoms with van der Waals surface area (Å²) in [7, 11) is 1.52. The highest BCUT2D eigenvalue weighted by atomic mass is 35.5. The first-order valence-electron chi connectivity index (χ1n) is 9.24. The Balaban J connectivity index is 2.28. The third kappa shape index (κ3) is 4.04. The molecule has 1 amide bonds. The number of rotatable bonds is 5. The highest BCUT2D eigenvalue weighted by Crippen LogP contribution is 2.18. The van der Waals surface area contributed by atoms with Gasteiger partial charge in [-0.2, -0.15) is 9.78 Å². The molecule has 0 radical (unpaired) electrons. The summed E-state index contributed by atoms with van der Waals surface area (Å²) < 4.78 is 15.9. The van der Waals surface area contributed by atoms with E-state index < -0.39 is 28.7 Å². The summed E-state index contributed by atoms with van der Waals surface area (Å²) in [5, 5.41) is 4.43. The third-order valence-electron chi connectivity index (χ3n) is 4.77. The first-order valence-corrected chi connectivity index (χ1v) is 9.62. The maximum atomic E-state index is 14.2. The molecule has 0 saturated heterocycles. The van der Waals surface area contributed by atoms with Crippen LogP contribution in [0.1, 0.15) is 28.5 Å². The molecule has 3 rings (SSSR count). The van der Waals surface area contributed by atoms with Crippen LogP contribution in [-0.4, -0.2) is 38.7 Å². The molecule has 1 heterocycles. The normalized spacial score (nSPS) is 10.8. The lowest BCUT2D eigenvalue weighted by molar-refractivity contribution is 0.0791. The fourth-order valence-electron chi connectivity index (χ4n) is 2.79. The van der Waals surface area contributed by atoms with Gasteiger partial charge in [0.2, 0.25) is 5.69 Å². The van der Waals surface area contributed by atoms with Crippen molar-refractivity contribution in [1.29, 1.82) is 0 Å². The van der Waals surface area contributed by atoms with E-state index in [1.165, 1.54) is 36.2 Å². The molecule has 1 aromatic heterocycles. The second-order valence-corrected chi connectivity index (χ2v) is 7.19. The Hall–Kier alpha value is -3.26. The van der Waals surface area contributed by atoms with Crippen LogP contribution in [0.15, 0.2) is 52.1 Å². The summed E-state index contributed by atoms with van der Waals surface area (Å²) in [6.45, 7) is 3.53. The Kier molecular flexibility index (Phi) is 6.17. The van der Waals surface area contributed by atoms with Gasteiger partial charge in [-0.25, -0.2) is 9.18 Å². The quantitative estimate of drug-likeness (QED) is 0.623. The van der Waals surface area contributed by atoms with Crippen LogP contribution in [0, 0.1) is 12.7 Å². The Bertz CT molecular complexity index is 1240. The lowest BCUT2D eigenvalue weighted by atomic mass is 10.2. The molecule has 156 valence electrons. The van der Waals surface area contributed by atoms with Crippen molar-refractivity contribution in [3.8, 4) is 5.69 Å². The lowest BCUT2D eigenvalue weighted by Crippen LogP contribution is -2.46. The molecule has 0 N–H and O–H groups in total. The summed E-state index contributed by atoms with van der Waals surface area (Å²) in [5.74, 6) is -1.21. The number of hydrogen-bond acceptors (Lipinski definition) is 4. The average Bonchev–Trinajstić information content (AvgIpc) is 2.73. The minimum Gasteiger partial charge on any atom is -0.340 e. The highest BCUT2D eigenvalue weighted by Gasteiger charge is 2.23. The van der Waals surface area contributed by atoms with Crippen molar-refractivity contribution in [2.75, 3.05) is 13.6 Å². The van der Waals surface area contributed by atoms with Crippen LogP contribution in [0.25, 0.3) is 5.69 Å². The van der Waals surface area contributed by atoms with E-state index in [0.29, 0.717) is 11.6 Å². The predicted octanol–water partition coefficient (Wildman–Crippen LogP) is 2.64. The van der Waals surface area contributed by atoms with E-state index in [4.69, 9.17) is 11.6 Å². The maximum absolute atomic E-state index is 14.2. The number of aryl methyl sites for hydroxylation is 1. The van der Waals surface area contributed by atoms with Gasteiger partial charge < -0.3 is 4.90 Å². The molecule has 0 aliphatic heterocycles. The van der Waals surface area contributed by atoms with E-state index >= 15 is 0 Å². The van der Waals surface area contributed by atoms with Crippen LogP contribution in [0.2, 0.25) is 5.02 Å². The van der Waals surface area contributed by atoms with Crippen LogP contribution in [0.3, 0.4) is 0 Å². The van der Waals surface area contributed by atoms with Gasteiger partial charge in [0.05, 0.1) is 12.2 Å². The first-order chi connectivity index (χ1) is 14.2. The first kappa shape index (κ1) is 21.4. The van der Waals surface area contributed by atoms with Crippen molar-refractivity contribution in [2.45, 2.75) is 20.4 Å². The highest BCUT2D eigenvalue weighted by molar-refractivity contribution is 6.31. The van der Waals surface area contributed by atoms with Crippen LogP contribution in [0.4, 0.5) is 4.39 Å². The van der Waals surface area contributed by atoms with Crippen molar-refractivity contribution >= 4 is 17.5 Å². The minimum absolute atomic E-state index is 0.138. The molecule has 7 nitrogen and oxygen atoms in total. The van der Waals surface area contributed by atoms with Crippen LogP contribution < -0.4 is 11.2 Å². The van der Waals surface area contributed by atoms with Crippen molar-refractivity contribution in [2.24, 2.45) is 0 Å². The van der Waals surface area contributed by atoms with E-state index in [2.05, 4.69) is 5.10 Å². The number of benzene rings is 2. The molecule has 30 heavy (non-hydrogen) atoms. The van der Waals surface area contributed by atoms with Gasteiger partial charge >= 0.3 is 5.69 Å². The molecule has 0 bridgehead atoms. The van der Waals surface area contributed by atoms with Gasteiger partial charge in [0.15, 0.2) is 0 Å². The van der Waals surface area contributed by atoms with Crippen molar-refractivity contribution in [3.63, 3.8) is 0 Å². The van der Waals surface area contributed by atoms with E-state index in [1.807, 2.05) is 0 Å². The molecular weight excluding hydrogens is 411 g/mol. The largest absolute Gasteiger partial charge is 0.352 e. The van der Waals surface area contributed by atoms with Gasteiger partial charge in [0.25, 0.3) is 11.5 Å². The lowest BCUT2D eigenvalue weighted by Gasteiger charge is -2.16. The average molecular weight is 431 g/mol. The molecule has 2 aromatic carbocycles. The smallest absolute Gasteiger partial charge is 0.340 e.